The van der Waals surface area contributed by atoms with Crippen LogP contribution in [-0.4, -0.2) is 58.1 Å². The number of rotatable bonds is 13. The molecule has 0 radical (unpaired) electrons. The Morgan fingerprint density at radius 2 is 1.65 bits per heavy atom. The highest BCUT2D eigenvalue weighted by atomic mass is 35.5. The van der Waals surface area contributed by atoms with Crippen molar-refractivity contribution in [1.29, 1.82) is 0 Å². The Hall–Kier alpha value is -1.19. The Kier molecular flexibility index (Phi) is 11.0. The zero-order valence-corrected chi connectivity index (χ0v) is 28.1. The van der Waals surface area contributed by atoms with E-state index in [-0.39, 0.29) is 35.8 Å². The van der Waals surface area contributed by atoms with Gasteiger partial charge in [0.05, 0.1) is 10.6 Å². The lowest BCUT2D eigenvalue weighted by atomic mass is 9.50. The molecule has 5 rings (SSSR count). The van der Waals surface area contributed by atoms with Gasteiger partial charge in [0, 0.05) is 23.8 Å². The summed E-state index contributed by atoms with van der Waals surface area (Å²) in [6.07, 6.45) is 3.94. The van der Waals surface area contributed by atoms with E-state index in [1.807, 2.05) is 13.0 Å². The number of hydrogen-bond acceptors (Lipinski definition) is 3. The molecule has 3 unspecified atom stereocenters. The van der Waals surface area contributed by atoms with Crippen molar-refractivity contribution in [3.8, 4) is 5.75 Å². The highest BCUT2D eigenvalue weighted by Crippen LogP contribution is 2.66. The molecule has 46 heavy (non-hydrogen) atoms. The summed E-state index contributed by atoms with van der Waals surface area (Å²) in [5.74, 6) is -4.25. The SMILES string of the molecule is C[C@]12C[C@H](F)C3c4ccc(O)c(Cl)c4CC(CCCCCN4CCC[C@H]4CCCCCCC(F)(F)C(F)(F)F)[C@H]3C1CC[C@@]2(C)O. The number of benzene rings is 1. The zero-order chi connectivity index (χ0) is 33.5. The molecule has 1 saturated heterocycles. The van der Waals surface area contributed by atoms with Gasteiger partial charge in [-0.25, -0.2) is 4.39 Å². The van der Waals surface area contributed by atoms with Crippen LogP contribution in [0, 0.1) is 23.2 Å². The fraction of sp³-hybridized carbons (Fsp3) is 0.833. The number of aliphatic hydroxyl groups is 1. The minimum absolute atomic E-state index is 0.0423. The smallest absolute Gasteiger partial charge is 0.453 e. The predicted molar refractivity (Wildman–Crippen MR) is 169 cm³/mol. The minimum Gasteiger partial charge on any atom is -0.506 e. The molecule has 1 aromatic carbocycles. The Balaban J connectivity index is 1.11. The highest BCUT2D eigenvalue weighted by Gasteiger charge is 2.64. The van der Waals surface area contributed by atoms with Crippen LogP contribution >= 0.6 is 11.6 Å². The van der Waals surface area contributed by atoms with Gasteiger partial charge in [-0.1, -0.05) is 56.7 Å². The van der Waals surface area contributed by atoms with Gasteiger partial charge in [-0.2, -0.15) is 22.0 Å². The van der Waals surface area contributed by atoms with Gasteiger partial charge >= 0.3 is 12.1 Å². The van der Waals surface area contributed by atoms with Gasteiger partial charge < -0.3 is 15.1 Å². The van der Waals surface area contributed by atoms with Crippen molar-refractivity contribution in [3.63, 3.8) is 0 Å². The molecule has 0 amide bonds. The number of phenolic OH excluding ortho intramolecular Hbond substituents is 1. The summed E-state index contributed by atoms with van der Waals surface area (Å²) in [4.78, 5) is 2.51. The van der Waals surface area contributed by atoms with E-state index in [0.29, 0.717) is 43.2 Å². The number of aromatic hydroxyl groups is 1. The number of alkyl halides is 6. The van der Waals surface area contributed by atoms with Crippen LogP contribution in [-0.2, 0) is 6.42 Å². The molecule has 0 aromatic heterocycles. The fourth-order valence-electron chi connectivity index (χ4n) is 9.95. The first-order valence-electron chi connectivity index (χ1n) is 17.6. The minimum atomic E-state index is -5.47. The van der Waals surface area contributed by atoms with Crippen molar-refractivity contribution < 1.29 is 36.6 Å². The Morgan fingerprint density at radius 3 is 2.39 bits per heavy atom. The molecule has 3 nitrogen and oxygen atoms in total. The third kappa shape index (κ3) is 7.08. The monoisotopic (exact) mass is 679 g/mol. The number of nitrogens with zero attached hydrogens (tertiary/aromatic N) is 1. The van der Waals surface area contributed by atoms with Crippen LogP contribution < -0.4 is 0 Å². The molecule has 1 aliphatic heterocycles. The summed E-state index contributed by atoms with van der Waals surface area (Å²) in [5, 5.41) is 22.1. The summed E-state index contributed by atoms with van der Waals surface area (Å²) in [6.45, 7) is 5.98. The van der Waals surface area contributed by atoms with Crippen LogP contribution in [0.15, 0.2) is 12.1 Å². The molecular formula is C36H52ClF6NO2. The number of phenols is 1. The largest absolute Gasteiger partial charge is 0.506 e. The number of unbranched alkanes of at least 4 members (excludes halogenated alkanes) is 5. The van der Waals surface area contributed by atoms with Gasteiger partial charge in [0.15, 0.2) is 0 Å². The van der Waals surface area contributed by atoms with Crippen molar-refractivity contribution in [2.45, 2.75) is 152 Å². The van der Waals surface area contributed by atoms with Crippen LogP contribution in [0.3, 0.4) is 0 Å². The lowest BCUT2D eigenvalue weighted by Crippen LogP contribution is -2.55. The first kappa shape index (κ1) is 36.1. The lowest BCUT2D eigenvalue weighted by Gasteiger charge is -2.56. The van der Waals surface area contributed by atoms with E-state index in [2.05, 4.69) is 11.8 Å². The molecule has 262 valence electrons. The lowest BCUT2D eigenvalue weighted by molar-refractivity contribution is -0.284. The van der Waals surface area contributed by atoms with Crippen LogP contribution in [0.1, 0.15) is 127 Å². The molecule has 4 aliphatic rings. The third-order valence-corrected chi connectivity index (χ3v) is 13.1. The first-order valence-corrected chi connectivity index (χ1v) is 18.0. The molecule has 1 aromatic rings. The maximum atomic E-state index is 16.2. The topological polar surface area (TPSA) is 43.7 Å². The van der Waals surface area contributed by atoms with E-state index in [1.54, 1.807) is 6.07 Å². The van der Waals surface area contributed by atoms with Crippen molar-refractivity contribution >= 4 is 11.6 Å². The summed E-state index contributed by atoms with van der Waals surface area (Å²) in [6, 6.07) is 3.90. The van der Waals surface area contributed by atoms with Gasteiger partial charge in [-0.3, -0.25) is 0 Å². The Morgan fingerprint density at radius 1 is 0.957 bits per heavy atom. The maximum absolute atomic E-state index is 16.2. The number of likely N-dealkylation sites (tertiary alicyclic amines) is 1. The molecule has 0 bridgehead atoms. The molecular weight excluding hydrogens is 628 g/mol. The van der Waals surface area contributed by atoms with Crippen LogP contribution in [0.25, 0.3) is 0 Å². The fourth-order valence-corrected chi connectivity index (χ4v) is 10.2. The van der Waals surface area contributed by atoms with Gasteiger partial charge in [0.1, 0.15) is 11.9 Å². The van der Waals surface area contributed by atoms with Crippen LogP contribution in [0.2, 0.25) is 5.02 Å². The van der Waals surface area contributed by atoms with E-state index in [1.165, 1.54) is 0 Å². The Labute approximate surface area is 275 Å². The second-order valence-corrected chi connectivity index (χ2v) is 15.8. The molecule has 2 N–H and O–H groups in total. The molecule has 3 fully saturated rings. The molecule has 8 atom stereocenters. The summed E-state index contributed by atoms with van der Waals surface area (Å²) < 4.78 is 79.5. The van der Waals surface area contributed by atoms with Gasteiger partial charge in [0.2, 0.25) is 0 Å². The number of hydrogen-bond donors (Lipinski definition) is 2. The maximum Gasteiger partial charge on any atom is 0.453 e. The van der Waals surface area contributed by atoms with E-state index in [9.17, 15) is 32.2 Å². The average molecular weight is 680 g/mol. The highest BCUT2D eigenvalue weighted by molar-refractivity contribution is 6.32. The second kappa shape index (κ2) is 14.0. The van der Waals surface area contributed by atoms with E-state index in [0.717, 1.165) is 82.0 Å². The van der Waals surface area contributed by atoms with Crippen LogP contribution in [0.5, 0.6) is 5.75 Å². The van der Waals surface area contributed by atoms with Crippen molar-refractivity contribution in [2.24, 2.45) is 23.2 Å². The number of halogens is 7. The molecule has 1 heterocycles. The van der Waals surface area contributed by atoms with E-state index in [4.69, 9.17) is 11.6 Å². The quantitative estimate of drug-likeness (QED) is 0.161. The van der Waals surface area contributed by atoms with Gasteiger partial charge in [0.25, 0.3) is 0 Å². The summed E-state index contributed by atoms with van der Waals surface area (Å²) >= 11 is 6.62. The first-order chi connectivity index (χ1) is 21.6. The summed E-state index contributed by atoms with van der Waals surface area (Å²) in [7, 11) is 0. The van der Waals surface area contributed by atoms with Crippen molar-refractivity contribution in [3.05, 3.63) is 28.3 Å². The van der Waals surface area contributed by atoms with Crippen LogP contribution in [0.4, 0.5) is 26.3 Å². The normalized spacial score (nSPS) is 34.8. The molecule has 0 spiro atoms. The zero-order valence-electron chi connectivity index (χ0n) is 27.3. The van der Waals surface area contributed by atoms with Gasteiger partial charge in [-0.05, 0) is 119 Å². The van der Waals surface area contributed by atoms with Crippen molar-refractivity contribution in [1.82, 2.24) is 4.90 Å². The second-order valence-electron chi connectivity index (χ2n) is 15.4. The predicted octanol–water partition coefficient (Wildman–Crippen LogP) is 10.4. The van der Waals surface area contributed by atoms with E-state index < -0.39 is 35.7 Å². The summed E-state index contributed by atoms with van der Waals surface area (Å²) in [5.41, 5.74) is 0.462. The third-order valence-electron chi connectivity index (χ3n) is 12.7. The molecule has 10 heteroatoms. The Bertz CT molecular complexity index is 1190. The molecule has 3 aliphatic carbocycles. The van der Waals surface area contributed by atoms with Gasteiger partial charge in [-0.15, -0.1) is 0 Å². The average Bonchev–Trinajstić information content (AvgIpc) is 3.51. The van der Waals surface area contributed by atoms with E-state index >= 15 is 4.39 Å². The standard InChI is InChI=1S/C36H52ClF6NO2/c1-33-22-28(38)31-25-14-15-29(45)32(37)26(25)21-23(30(31)27(33)16-18-34(33,2)46)11-6-5-9-19-44-20-10-13-24(44)12-7-3-4-8-17-35(39,40)36(41,42)43/h14-15,23-24,27-28,30-31,45-46H,3-13,16-22H2,1-2H3/t23?,24-,27?,28+,30+,31?,33+,34-/m1/s1. The number of fused-ring (bicyclic) bond motifs is 5. The molecule has 2 saturated carbocycles. The van der Waals surface area contributed by atoms with Crippen molar-refractivity contribution in [2.75, 3.05) is 13.1 Å².